The van der Waals surface area contributed by atoms with Gasteiger partial charge in [0.1, 0.15) is 5.82 Å². The largest absolute Gasteiger partial charge is 0.477 e. The van der Waals surface area contributed by atoms with Crippen molar-refractivity contribution in [1.29, 1.82) is 0 Å². The van der Waals surface area contributed by atoms with Crippen molar-refractivity contribution >= 4 is 33.9 Å². The molecule has 0 fully saturated rings. The fourth-order valence-corrected chi connectivity index (χ4v) is 3.02. The summed E-state index contributed by atoms with van der Waals surface area (Å²) < 4.78 is 0. The van der Waals surface area contributed by atoms with Crippen LogP contribution in [0.2, 0.25) is 0 Å². The summed E-state index contributed by atoms with van der Waals surface area (Å²) in [7, 11) is 0. The Morgan fingerprint density at radius 3 is 2.81 bits per heavy atom. The van der Waals surface area contributed by atoms with Gasteiger partial charge in [0.2, 0.25) is 0 Å². The van der Waals surface area contributed by atoms with Gasteiger partial charge in [-0.2, -0.15) is 0 Å². The Hall–Kier alpha value is -2.40. The lowest BCUT2D eigenvalue weighted by molar-refractivity contribution is 0.0691. The number of carbonyl (C=O) groups is 1. The molecule has 0 bridgehead atoms. The number of nitrogens with one attached hydrogen (secondary N) is 1. The minimum absolute atomic E-state index is 0.0542. The van der Waals surface area contributed by atoms with Gasteiger partial charge in [0.05, 0.1) is 6.54 Å². The maximum absolute atomic E-state index is 11.2. The summed E-state index contributed by atoms with van der Waals surface area (Å²) in [4.78, 5) is 17.8. The fraction of sp³-hybridized carbons (Fsp3) is 0.125. The van der Waals surface area contributed by atoms with Crippen molar-refractivity contribution < 1.29 is 9.90 Å². The molecule has 0 unspecified atom stereocenters. The molecule has 4 nitrogen and oxygen atoms in total. The summed E-state index contributed by atoms with van der Waals surface area (Å²) in [5, 5.41) is 14.2. The van der Waals surface area contributed by atoms with Gasteiger partial charge in [0.25, 0.3) is 0 Å². The van der Waals surface area contributed by atoms with E-state index in [4.69, 9.17) is 5.11 Å². The summed E-state index contributed by atoms with van der Waals surface area (Å²) in [6.07, 6.45) is 0. The molecule has 106 valence electrons. The Balaban J connectivity index is 1.97. The zero-order chi connectivity index (χ0) is 14.8. The van der Waals surface area contributed by atoms with Gasteiger partial charge in [-0.1, -0.05) is 24.3 Å². The number of pyridine rings is 1. The van der Waals surface area contributed by atoms with Crippen molar-refractivity contribution in [3.63, 3.8) is 0 Å². The van der Waals surface area contributed by atoms with Gasteiger partial charge in [0.15, 0.2) is 5.69 Å². The molecule has 0 saturated carbocycles. The van der Waals surface area contributed by atoms with Crippen LogP contribution in [-0.4, -0.2) is 16.1 Å². The molecule has 0 radical (unpaired) electrons. The molecule has 2 aromatic heterocycles. The molecule has 21 heavy (non-hydrogen) atoms. The first kappa shape index (κ1) is 13.6. The maximum atomic E-state index is 11.2. The predicted octanol–water partition coefficient (Wildman–Crippen LogP) is 3.92. The molecule has 2 N–H and O–H groups in total. The van der Waals surface area contributed by atoms with E-state index in [1.807, 2.05) is 24.3 Å². The van der Waals surface area contributed by atoms with Gasteiger partial charge in [-0.25, -0.2) is 9.78 Å². The third kappa shape index (κ3) is 2.87. The number of rotatable bonds is 4. The minimum Gasteiger partial charge on any atom is -0.477 e. The van der Waals surface area contributed by atoms with Gasteiger partial charge in [-0.3, -0.25) is 0 Å². The Bertz CT molecular complexity index is 811. The Morgan fingerprint density at radius 1 is 1.29 bits per heavy atom. The number of anilines is 1. The van der Waals surface area contributed by atoms with E-state index >= 15 is 0 Å². The van der Waals surface area contributed by atoms with Gasteiger partial charge in [0, 0.05) is 15.1 Å². The average Bonchev–Trinajstić information content (AvgIpc) is 2.90. The van der Waals surface area contributed by atoms with Crippen LogP contribution in [0.25, 0.3) is 10.8 Å². The van der Waals surface area contributed by atoms with Gasteiger partial charge in [-0.05, 0) is 30.5 Å². The monoisotopic (exact) mass is 298 g/mol. The zero-order valence-corrected chi connectivity index (χ0v) is 12.3. The number of carboxylic acid groups (broad SMARTS) is 1. The lowest BCUT2D eigenvalue weighted by Crippen LogP contribution is -2.06. The number of carboxylic acids is 1. The molecule has 0 aliphatic carbocycles. The van der Waals surface area contributed by atoms with Crippen molar-refractivity contribution in [2.45, 2.75) is 13.5 Å². The van der Waals surface area contributed by atoms with Crippen LogP contribution in [0.3, 0.4) is 0 Å². The topological polar surface area (TPSA) is 62.2 Å². The first-order valence-corrected chi connectivity index (χ1v) is 7.37. The molecule has 0 spiro atoms. The van der Waals surface area contributed by atoms with E-state index in [0.717, 1.165) is 10.8 Å². The van der Waals surface area contributed by atoms with E-state index in [1.54, 1.807) is 17.4 Å². The molecular weight excluding hydrogens is 284 g/mol. The smallest absolute Gasteiger partial charge is 0.354 e. The number of aryl methyl sites for hydroxylation is 1. The second-order valence-electron chi connectivity index (χ2n) is 4.75. The highest BCUT2D eigenvalue weighted by molar-refractivity contribution is 7.11. The molecular formula is C16H14N2O2S. The van der Waals surface area contributed by atoms with Crippen LogP contribution in [0.5, 0.6) is 0 Å². The Morgan fingerprint density at radius 2 is 2.10 bits per heavy atom. The summed E-state index contributed by atoms with van der Waals surface area (Å²) >= 11 is 1.72. The van der Waals surface area contributed by atoms with Crippen LogP contribution in [0.15, 0.2) is 42.5 Å². The second kappa shape index (κ2) is 5.54. The zero-order valence-electron chi connectivity index (χ0n) is 11.5. The number of thiophene rings is 1. The van der Waals surface area contributed by atoms with Crippen LogP contribution >= 0.6 is 11.3 Å². The van der Waals surface area contributed by atoms with E-state index in [1.165, 1.54) is 9.75 Å². The Labute approximate surface area is 126 Å². The van der Waals surface area contributed by atoms with Crippen LogP contribution in [0.1, 0.15) is 20.2 Å². The summed E-state index contributed by atoms with van der Waals surface area (Å²) in [5.41, 5.74) is 0.0542. The second-order valence-corrected chi connectivity index (χ2v) is 6.12. The van der Waals surface area contributed by atoms with Crippen molar-refractivity contribution in [2.75, 3.05) is 5.32 Å². The molecule has 1 aromatic carbocycles. The van der Waals surface area contributed by atoms with Crippen molar-refractivity contribution in [3.8, 4) is 0 Å². The normalized spacial score (nSPS) is 10.7. The third-order valence-electron chi connectivity index (χ3n) is 3.19. The quantitative estimate of drug-likeness (QED) is 0.766. The first-order chi connectivity index (χ1) is 10.1. The van der Waals surface area contributed by atoms with E-state index in [0.29, 0.717) is 12.4 Å². The average molecular weight is 298 g/mol. The van der Waals surface area contributed by atoms with Gasteiger partial charge in [-0.15, -0.1) is 11.3 Å². The number of hydrogen-bond donors (Lipinski definition) is 2. The molecule has 0 aliphatic rings. The molecule has 3 aromatic rings. The Kier molecular flexibility index (Phi) is 3.58. The van der Waals surface area contributed by atoms with Crippen molar-refractivity contribution in [1.82, 2.24) is 4.98 Å². The third-order valence-corrected chi connectivity index (χ3v) is 4.19. The molecule has 0 amide bonds. The van der Waals surface area contributed by atoms with E-state index in [-0.39, 0.29) is 5.69 Å². The van der Waals surface area contributed by atoms with E-state index < -0.39 is 5.97 Å². The summed E-state index contributed by atoms with van der Waals surface area (Å²) in [6, 6.07) is 13.4. The highest BCUT2D eigenvalue weighted by atomic mass is 32.1. The molecule has 0 atom stereocenters. The lowest BCUT2D eigenvalue weighted by atomic mass is 10.1. The number of aromatic nitrogens is 1. The molecule has 5 heteroatoms. The molecule has 0 aliphatic heterocycles. The number of aromatic carboxylic acids is 1. The van der Waals surface area contributed by atoms with Crippen molar-refractivity contribution in [2.24, 2.45) is 0 Å². The highest BCUT2D eigenvalue weighted by Crippen LogP contribution is 2.24. The maximum Gasteiger partial charge on any atom is 0.354 e. The first-order valence-electron chi connectivity index (χ1n) is 6.56. The molecule has 2 heterocycles. The molecule has 3 rings (SSSR count). The number of nitrogens with zero attached hydrogens (tertiary/aromatic N) is 1. The number of hydrogen-bond acceptors (Lipinski definition) is 4. The highest BCUT2D eigenvalue weighted by Gasteiger charge is 2.10. The van der Waals surface area contributed by atoms with Crippen LogP contribution < -0.4 is 5.32 Å². The predicted molar refractivity (Wildman–Crippen MR) is 85.1 cm³/mol. The van der Waals surface area contributed by atoms with Crippen LogP contribution in [-0.2, 0) is 6.54 Å². The number of benzene rings is 1. The number of fused-ring (bicyclic) bond motifs is 1. The summed E-state index contributed by atoms with van der Waals surface area (Å²) in [5.74, 6) is -0.410. The van der Waals surface area contributed by atoms with Crippen LogP contribution in [0, 0.1) is 6.92 Å². The molecule has 0 saturated heterocycles. The standard InChI is InChI=1S/C16H14N2O2S/c1-10-6-7-12(21-10)9-17-15-13-5-3-2-4-11(13)8-14(18-15)16(19)20/h2-8H,9H2,1H3,(H,17,18)(H,19,20). The summed E-state index contributed by atoms with van der Waals surface area (Å²) in [6.45, 7) is 2.70. The fourth-order valence-electron chi connectivity index (χ4n) is 2.19. The van der Waals surface area contributed by atoms with Crippen LogP contribution in [0.4, 0.5) is 5.82 Å². The lowest BCUT2D eigenvalue weighted by Gasteiger charge is -2.09. The van der Waals surface area contributed by atoms with E-state index in [9.17, 15) is 4.79 Å². The minimum atomic E-state index is -1.02. The van der Waals surface area contributed by atoms with E-state index in [2.05, 4.69) is 29.4 Å². The SMILES string of the molecule is Cc1ccc(CNc2nc(C(=O)O)cc3ccccc23)s1. The van der Waals surface area contributed by atoms with Gasteiger partial charge >= 0.3 is 5.97 Å². The van der Waals surface area contributed by atoms with Crippen molar-refractivity contribution in [3.05, 3.63) is 57.9 Å². The van der Waals surface area contributed by atoms with Gasteiger partial charge < -0.3 is 10.4 Å².